The zero-order chi connectivity index (χ0) is 9.19. The predicted molar refractivity (Wildman–Crippen MR) is 49.3 cm³/mol. The molecule has 0 aliphatic carbocycles. The van der Waals surface area contributed by atoms with Crippen molar-refractivity contribution in [2.45, 2.75) is 0 Å². The Kier molecular flexibility index (Phi) is 2.78. The number of carbonyl (C=O) groups is 1. The molecule has 5 heteroatoms. The first-order chi connectivity index (χ1) is 5.55. The van der Waals surface area contributed by atoms with Crippen LogP contribution in [-0.2, 0) is 4.57 Å². The fraction of sp³-hybridized carbons (Fsp3) is 0.857. The maximum atomic E-state index is 11.5. The Bertz CT molecular complexity index is 217. The number of carbonyl (C=O) groups excluding carboxylic acids is 1. The van der Waals surface area contributed by atoms with Crippen LogP contribution >= 0.6 is 7.14 Å². The normalized spacial score (nSPS) is 22.0. The molecule has 0 radical (unpaired) electrons. The number of amides is 2. The molecular formula is C7H15N2O2P. The van der Waals surface area contributed by atoms with Gasteiger partial charge in [0.05, 0.1) is 7.14 Å². The second-order valence-corrected chi connectivity index (χ2v) is 6.77. The summed E-state index contributed by atoms with van der Waals surface area (Å²) >= 11 is 0. The molecule has 1 heterocycles. The van der Waals surface area contributed by atoms with Crippen molar-refractivity contribution < 1.29 is 9.36 Å². The molecule has 12 heavy (non-hydrogen) atoms. The smallest absolute Gasteiger partial charge is 0.317 e. The molecule has 1 fully saturated rings. The van der Waals surface area contributed by atoms with Crippen LogP contribution in [0.5, 0.6) is 0 Å². The molecule has 1 rings (SSSR count). The SMILES string of the molecule is CNC(=O)N1CCP(C)(=O)CC1. The van der Waals surface area contributed by atoms with Gasteiger partial charge in [-0.15, -0.1) is 0 Å². The van der Waals surface area contributed by atoms with E-state index >= 15 is 0 Å². The number of nitrogens with zero attached hydrogens (tertiary/aromatic N) is 1. The summed E-state index contributed by atoms with van der Waals surface area (Å²) in [6.07, 6.45) is 1.33. The van der Waals surface area contributed by atoms with Crippen LogP contribution in [0.1, 0.15) is 0 Å². The van der Waals surface area contributed by atoms with Gasteiger partial charge in [-0.3, -0.25) is 0 Å². The molecule has 70 valence electrons. The second kappa shape index (κ2) is 3.48. The summed E-state index contributed by atoms with van der Waals surface area (Å²) in [6, 6.07) is -0.0605. The Morgan fingerprint density at radius 1 is 1.42 bits per heavy atom. The van der Waals surface area contributed by atoms with Crippen LogP contribution in [0, 0.1) is 0 Å². The van der Waals surface area contributed by atoms with Gasteiger partial charge in [-0.25, -0.2) is 4.79 Å². The summed E-state index contributed by atoms with van der Waals surface area (Å²) in [6.45, 7) is 3.08. The quantitative estimate of drug-likeness (QED) is 0.570. The van der Waals surface area contributed by atoms with E-state index in [1.807, 2.05) is 6.66 Å². The van der Waals surface area contributed by atoms with E-state index in [9.17, 15) is 9.36 Å². The summed E-state index contributed by atoms with van der Waals surface area (Å²) in [5.41, 5.74) is 0. The van der Waals surface area contributed by atoms with E-state index < -0.39 is 7.14 Å². The van der Waals surface area contributed by atoms with E-state index in [4.69, 9.17) is 0 Å². The van der Waals surface area contributed by atoms with Crippen molar-refractivity contribution in [3.8, 4) is 0 Å². The molecule has 2 amide bonds. The Morgan fingerprint density at radius 3 is 2.33 bits per heavy atom. The second-order valence-electron chi connectivity index (χ2n) is 3.29. The third-order valence-electron chi connectivity index (χ3n) is 2.19. The van der Waals surface area contributed by atoms with E-state index in [2.05, 4.69) is 5.32 Å². The molecule has 0 atom stereocenters. The van der Waals surface area contributed by atoms with Gasteiger partial charge in [0, 0.05) is 32.5 Å². The van der Waals surface area contributed by atoms with Gasteiger partial charge in [-0.05, 0) is 6.66 Å². The van der Waals surface area contributed by atoms with Crippen molar-refractivity contribution in [1.82, 2.24) is 10.2 Å². The molecule has 1 aliphatic heterocycles. The van der Waals surface area contributed by atoms with E-state index in [1.165, 1.54) is 0 Å². The topological polar surface area (TPSA) is 49.4 Å². The highest BCUT2D eigenvalue weighted by Crippen LogP contribution is 2.42. The lowest BCUT2D eigenvalue weighted by Gasteiger charge is -2.29. The number of hydrogen-bond acceptors (Lipinski definition) is 2. The van der Waals surface area contributed by atoms with Gasteiger partial charge in [-0.2, -0.15) is 0 Å². The van der Waals surface area contributed by atoms with Crippen molar-refractivity contribution in [2.75, 3.05) is 39.1 Å². The average Bonchev–Trinajstić information content (AvgIpc) is 2.03. The third-order valence-corrected chi connectivity index (χ3v) is 4.48. The Labute approximate surface area is 72.7 Å². The Hall–Kier alpha value is -0.500. The molecule has 1 aliphatic rings. The van der Waals surface area contributed by atoms with E-state index in [0.29, 0.717) is 25.4 Å². The minimum atomic E-state index is -1.90. The van der Waals surface area contributed by atoms with Crippen LogP contribution in [0.25, 0.3) is 0 Å². The van der Waals surface area contributed by atoms with E-state index in [1.54, 1.807) is 11.9 Å². The first-order valence-electron chi connectivity index (χ1n) is 4.07. The van der Waals surface area contributed by atoms with Crippen LogP contribution < -0.4 is 5.32 Å². The molecule has 0 aromatic carbocycles. The molecule has 0 spiro atoms. The summed E-state index contributed by atoms with van der Waals surface area (Å²) in [7, 11) is -0.282. The standard InChI is InChI=1S/C7H15N2O2P/c1-8-7(10)9-3-5-12(2,11)6-4-9/h3-6H2,1-2H3,(H,8,10). The van der Waals surface area contributed by atoms with Gasteiger partial charge >= 0.3 is 6.03 Å². The Balaban J connectivity index is 2.46. The van der Waals surface area contributed by atoms with Gasteiger partial charge in [-0.1, -0.05) is 0 Å². The summed E-state index contributed by atoms with van der Waals surface area (Å²) in [5, 5.41) is 2.56. The molecule has 4 nitrogen and oxygen atoms in total. The first-order valence-corrected chi connectivity index (χ1v) is 6.60. The minimum absolute atomic E-state index is 0.0605. The Morgan fingerprint density at radius 2 is 1.92 bits per heavy atom. The third kappa shape index (κ3) is 2.24. The van der Waals surface area contributed by atoms with Crippen LogP contribution in [0.2, 0.25) is 0 Å². The van der Waals surface area contributed by atoms with Crippen molar-refractivity contribution in [3.05, 3.63) is 0 Å². The molecule has 1 N–H and O–H groups in total. The molecule has 1 saturated heterocycles. The summed E-state index contributed by atoms with van der Waals surface area (Å²) in [5.74, 6) is 0. The van der Waals surface area contributed by atoms with Crippen LogP contribution in [0.15, 0.2) is 0 Å². The maximum Gasteiger partial charge on any atom is 0.317 e. The van der Waals surface area contributed by atoms with Crippen LogP contribution in [0.3, 0.4) is 0 Å². The lowest BCUT2D eigenvalue weighted by Crippen LogP contribution is -2.43. The molecule has 0 unspecified atom stereocenters. The van der Waals surface area contributed by atoms with Crippen LogP contribution in [-0.4, -0.2) is 50.1 Å². The lowest BCUT2D eigenvalue weighted by molar-refractivity contribution is 0.204. The van der Waals surface area contributed by atoms with Gasteiger partial charge < -0.3 is 14.8 Å². The van der Waals surface area contributed by atoms with Gasteiger partial charge in [0.2, 0.25) is 0 Å². The fourth-order valence-electron chi connectivity index (χ4n) is 1.25. The monoisotopic (exact) mass is 190 g/mol. The van der Waals surface area contributed by atoms with Crippen molar-refractivity contribution >= 4 is 13.2 Å². The van der Waals surface area contributed by atoms with E-state index in [0.717, 1.165) is 0 Å². The highest BCUT2D eigenvalue weighted by Gasteiger charge is 2.25. The van der Waals surface area contributed by atoms with Crippen molar-refractivity contribution in [3.63, 3.8) is 0 Å². The highest BCUT2D eigenvalue weighted by atomic mass is 31.2. The lowest BCUT2D eigenvalue weighted by atomic mass is 10.5. The average molecular weight is 190 g/mol. The number of rotatable bonds is 0. The fourth-order valence-corrected chi connectivity index (χ4v) is 2.80. The van der Waals surface area contributed by atoms with Crippen molar-refractivity contribution in [2.24, 2.45) is 0 Å². The summed E-state index contributed by atoms with van der Waals surface area (Å²) in [4.78, 5) is 12.8. The zero-order valence-electron chi connectivity index (χ0n) is 7.54. The molecule has 0 saturated carbocycles. The molecule has 0 bridgehead atoms. The molecule has 0 aromatic rings. The number of urea groups is 1. The van der Waals surface area contributed by atoms with Gasteiger partial charge in [0.25, 0.3) is 0 Å². The predicted octanol–water partition coefficient (Wildman–Crippen LogP) is 0.634. The largest absolute Gasteiger partial charge is 0.341 e. The molecular weight excluding hydrogens is 175 g/mol. The highest BCUT2D eigenvalue weighted by molar-refractivity contribution is 7.63. The van der Waals surface area contributed by atoms with Crippen molar-refractivity contribution in [1.29, 1.82) is 0 Å². The zero-order valence-corrected chi connectivity index (χ0v) is 8.43. The van der Waals surface area contributed by atoms with Gasteiger partial charge in [0.1, 0.15) is 0 Å². The minimum Gasteiger partial charge on any atom is -0.341 e. The van der Waals surface area contributed by atoms with Gasteiger partial charge in [0.15, 0.2) is 0 Å². The summed E-state index contributed by atoms with van der Waals surface area (Å²) < 4.78 is 11.5. The first kappa shape index (κ1) is 9.59. The maximum absolute atomic E-state index is 11.5. The van der Waals surface area contributed by atoms with E-state index in [-0.39, 0.29) is 6.03 Å². The number of nitrogens with one attached hydrogen (secondary N) is 1. The number of hydrogen-bond donors (Lipinski definition) is 1. The molecule has 0 aromatic heterocycles. The van der Waals surface area contributed by atoms with Crippen LogP contribution in [0.4, 0.5) is 4.79 Å².